The number of nitrogens with zero attached hydrogens (tertiary/aromatic N) is 2. The first kappa shape index (κ1) is 27.0. The molecule has 212 valence electrons. The molecule has 3 aliphatic rings. The summed E-state index contributed by atoms with van der Waals surface area (Å²) in [6.07, 6.45) is 19.6. The minimum absolute atomic E-state index is 0.0102. The number of dihydropyridines is 2. The summed E-state index contributed by atoms with van der Waals surface area (Å²) < 4.78 is 0. The average molecular weight is 579 g/mol. The third-order valence-electron chi connectivity index (χ3n) is 8.05. The number of hydrogen-bond donors (Lipinski definition) is 2. The monoisotopic (exact) mass is 578 g/mol. The average Bonchev–Trinajstić information content (AvgIpc) is 3.33. The van der Waals surface area contributed by atoms with Crippen LogP contribution in [0.5, 0.6) is 0 Å². The zero-order valence-electron chi connectivity index (χ0n) is 24.4. The van der Waals surface area contributed by atoms with Gasteiger partial charge >= 0.3 is 0 Å². The highest BCUT2D eigenvalue weighted by molar-refractivity contribution is 8.43. The van der Waals surface area contributed by atoms with Gasteiger partial charge in [0.15, 0.2) is 0 Å². The van der Waals surface area contributed by atoms with E-state index in [9.17, 15) is 0 Å². The molecule has 4 aromatic rings. The van der Waals surface area contributed by atoms with Crippen molar-refractivity contribution in [1.82, 2.24) is 20.6 Å². The van der Waals surface area contributed by atoms with Crippen LogP contribution in [0, 0.1) is 0 Å². The second-order valence-corrected chi connectivity index (χ2v) is 14.6. The van der Waals surface area contributed by atoms with Crippen LogP contribution in [0.25, 0.3) is 21.7 Å². The summed E-state index contributed by atoms with van der Waals surface area (Å²) in [4.78, 5) is 12.6. The van der Waals surface area contributed by atoms with Crippen LogP contribution in [0.4, 0.5) is 0 Å². The van der Waals surface area contributed by atoms with E-state index in [1.54, 1.807) is 0 Å². The summed E-state index contributed by atoms with van der Waals surface area (Å²) in [7, 11) is -1.57. The molecule has 5 heteroatoms. The van der Waals surface area contributed by atoms with Gasteiger partial charge in [0.25, 0.3) is 0 Å². The largest absolute Gasteiger partial charge is 0.380 e. The van der Waals surface area contributed by atoms with Gasteiger partial charge in [-0.25, -0.2) is 4.98 Å². The van der Waals surface area contributed by atoms with E-state index in [0.717, 1.165) is 35.0 Å². The van der Waals surface area contributed by atoms with Crippen LogP contribution < -0.4 is 10.6 Å². The van der Waals surface area contributed by atoms with Crippen molar-refractivity contribution >= 4 is 31.8 Å². The van der Waals surface area contributed by atoms with Gasteiger partial charge in [-0.15, -0.1) is 0 Å². The third kappa shape index (κ3) is 5.06. The standard InChI is InChI=1S/C38H34N4S/c1-43(2)37(33-23-13-21-31(41-33)29-19-9-11-25-39-29)35(27-15-5-3-6-16-27)36(28-17-7-4-8-18-28)38(43)34-24-14-22-32(42-34)30-20-10-12-26-40-30/h3-25,31,40-41H,26H2,1-2H3. The van der Waals surface area contributed by atoms with Crippen molar-refractivity contribution in [1.29, 1.82) is 0 Å². The molecule has 7 rings (SSSR count). The third-order valence-corrected chi connectivity index (χ3v) is 10.9. The first-order chi connectivity index (χ1) is 21.1. The van der Waals surface area contributed by atoms with E-state index in [1.165, 1.54) is 32.1 Å². The van der Waals surface area contributed by atoms with Gasteiger partial charge in [-0.3, -0.25) is 4.98 Å². The minimum atomic E-state index is -1.57. The van der Waals surface area contributed by atoms with Gasteiger partial charge in [0, 0.05) is 39.4 Å². The van der Waals surface area contributed by atoms with Crippen molar-refractivity contribution in [3.63, 3.8) is 0 Å². The molecule has 0 radical (unpaired) electrons. The molecule has 0 saturated heterocycles. The number of pyridine rings is 2. The van der Waals surface area contributed by atoms with Gasteiger partial charge in [-0.05, 0) is 60.1 Å². The molecule has 0 amide bonds. The summed E-state index contributed by atoms with van der Waals surface area (Å²) in [5, 5.41) is 7.37. The van der Waals surface area contributed by atoms with Crippen molar-refractivity contribution in [2.75, 3.05) is 19.1 Å². The maximum absolute atomic E-state index is 5.33. The number of rotatable bonds is 6. The van der Waals surface area contributed by atoms with Crippen molar-refractivity contribution < 1.29 is 0 Å². The molecule has 0 saturated carbocycles. The first-order valence-electron chi connectivity index (χ1n) is 14.6. The Balaban J connectivity index is 1.46. The summed E-state index contributed by atoms with van der Waals surface area (Å²) in [6, 6.07) is 34.2. The van der Waals surface area contributed by atoms with Crippen molar-refractivity contribution in [2.45, 2.75) is 6.04 Å². The maximum Gasteiger partial charge on any atom is 0.0873 e. The predicted octanol–water partition coefficient (Wildman–Crippen LogP) is 8.12. The highest BCUT2D eigenvalue weighted by Crippen LogP contribution is 2.72. The molecule has 43 heavy (non-hydrogen) atoms. The Kier molecular flexibility index (Phi) is 7.17. The van der Waals surface area contributed by atoms with Crippen LogP contribution in [0.2, 0.25) is 0 Å². The molecule has 2 aromatic carbocycles. The molecular weight excluding hydrogens is 545 g/mol. The van der Waals surface area contributed by atoms with Gasteiger partial charge in [-0.2, -0.15) is 10.0 Å². The molecule has 0 aliphatic carbocycles. The highest BCUT2D eigenvalue weighted by Gasteiger charge is 2.41. The van der Waals surface area contributed by atoms with Gasteiger partial charge in [0.1, 0.15) is 0 Å². The van der Waals surface area contributed by atoms with E-state index in [0.29, 0.717) is 0 Å². The van der Waals surface area contributed by atoms with Crippen LogP contribution in [-0.4, -0.2) is 29.0 Å². The lowest BCUT2D eigenvalue weighted by atomic mass is 9.90. The Morgan fingerprint density at radius 1 is 0.674 bits per heavy atom. The van der Waals surface area contributed by atoms with Crippen molar-refractivity contribution in [3.05, 3.63) is 179 Å². The summed E-state index contributed by atoms with van der Waals surface area (Å²) >= 11 is 0. The lowest BCUT2D eigenvalue weighted by Gasteiger charge is -2.36. The Morgan fingerprint density at radius 2 is 1.35 bits per heavy atom. The molecule has 2 N–H and O–H groups in total. The molecule has 2 aromatic heterocycles. The SMILES string of the molecule is CS1(C)C(C2=CC=CC(c3ccccn3)N2)=C(c2ccccc2)C(c2ccccc2)=C1c1cccc(C2=CC=CCN2)n1. The fraction of sp³-hybridized carbons (Fsp3) is 0.105. The molecule has 0 bridgehead atoms. The van der Waals surface area contributed by atoms with Gasteiger partial charge in [0.2, 0.25) is 0 Å². The maximum atomic E-state index is 5.33. The lowest BCUT2D eigenvalue weighted by molar-refractivity contribution is 0.695. The summed E-state index contributed by atoms with van der Waals surface area (Å²) in [5.74, 6) is 0. The Hall–Kier alpha value is -4.87. The number of aromatic nitrogens is 2. The quantitative estimate of drug-likeness (QED) is 0.243. The number of nitrogens with one attached hydrogen (secondary N) is 2. The number of benzene rings is 2. The van der Waals surface area contributed by atoms with Crippen LogP contribution in [0.3, 0.4) is 0 Å². The molecule has 3 aliphatic heterocycles. The van der Waals surface area contributed by atoms with E-state index in [4.69, 9.17) is 4.98 Å². The normalized spacial score (nSPS) is 19.8. The van der Waals surface area contributed by atoms with Crippen LogP contribution in [-0.2, 0) is 0 Å². The zero-order chi connectivity index (χ0) is 29.2. The molecule has 1 unspecified atom stereocenters. The summed E-state index contributed by atoms with van der Waals surface area (Å²) in [6.45, 7) is 0.807. The van der Waals surface area contributed by atoms with Gasteiger partial charge in [-0.1, -0.05) is 97.1 Å². The lowest BCUT2D eigenvalue weighted by Crippen LogP contribution is -2.24. The van der Waals surface area contributed by atoms with E-state index in [1.807, 2.05) is 18.3 Å². The molecule has 0 fully saturated rings. The zero-order valence-corrected chi connectivity index (χ0v) is 25.2. The van der Waals surface area contributed by atoms with Crippen LogP contribution in [0.15, 0.2) is 150 Å². The van der Waals surface area contributed by atoms with E-state index < -0.39 is 10.0 Å². The number of hydrogen-bond acceptors (Lipinski definition) is 4. The smallest absolute Gasteiger partial charge is 0.0873 e. The van der Waals surface area contributed by atoms with Gasteiger partial charge in [0.05, 0.1) is 28.8 Å². The fourth-order valence-electron chi connectivity index (χ4n) is 6.15. The second-order valence-electron chi connectivity index (χ2n) is 11.1. The van der Waals surface area contributed by atoms with Crippen LogP contribution >= 0.6 is 10.0 Å². The number of allylic oxidation sites excluding steroid dienone is 6. The Bertz CT molecular complexity index is 1850. The predicted molar refractivity (Wildman–Crippen MR) is 183 cm³/mol. The molecule has 4 nitrogen and oxygen atoms in total. The topological polar surface area (TPSA) is 49.8 Å². The Morgan fingerprint density at radius 3 is 2.02 bits per heavy atom. The van der Waals surface area contributed by atoms with E-state index in [-0.39, 0.29) is 6.04 Å². The second kappa shape index (κ2) is 11.4. The van der Waals surface area contributed by atoms with Crippen molar-refractivity contribution in [3.8, 4) is 0 Å². The first-order valence-corrected chi connectivity index (χ1v) is 17.0. The highest BCUT2D eigenvalue weighted by atomic mass is 32.3. The van der Waals surface area contributed by atoms with Crippen LogP contribution in [0.1, 0.15) is 34.3 Å². The molecule has 1 atom stereocenters. The van der Waals surface area contributed by atoms with Gasteiger partial charge < -0.3 is 10.6 Å². The molecular formula is C38H34N4S. The molecule has 5 heterocycles. The van der Waals surface area contributed by atoms with E-state index in [2.05, 4.69) is 150 Å². The van der Waals surface area contributed by atoms with E-state index >= 15 is 0 Å². The summed E-state index contributed by atoms with van der Waals surface area (Å²) in [5.41, 5.74) is 10.1. The minimum Gasteiger partial charge on any atom is -0.380 e. The Labute approximate surface area is 255 Å². The fourth-order valence-corrected chi connectivity index (χ4v) is 9.12. The molecule has 0 spiro atoms. The van der Waals surface area contributed by atoms with Crippen molar-refractivity contribution in [2.24, 2.45) is 0 Å².